The summed E-state index contributed by atoms with van der Waals surface area (Å²) in [5.74, 6) is 2.97. The molecular weight excluding hydrogens is 581 g/mol. The Kier molecular flexibility index (Phi) is 23.5. The highest BCUT2D eigenvalue weighted by molar-refractivity contribution is 5.84. The van der Waals surface area contributed by atoms with Gasteiger partial charge in [0.25, 0.3) is 0 Å². The highest BCUT2D eigenvalue weighted by Crippen LogP contribution is 2.31. The Morgan fingerprint density at radius 1 is 0.479 bits per heavy atom. The summed E-state index contributed by atoms with van der Waals surface area (Å²) in [5, 5.41) is 0. The van der Waals surface area contributed by atoms with Gasteiger partial charge in [-0.1, -0.05) is 167 Å². The quantitative estimate of drug-likeness (QED) is 0.0288. The van der Waals surface area contributed by atoms with Crippen molar-refractivity contribution in [3.63, 3.8) is 0 Å². The molecule has 0 aliphatic carbocycles. The average molecular weight is 653 g/mol. The maximum absolute atomic E-state index is 9.62. The van der Waals surface area contributed by atoms with E-state index in [9.17, 15) is 5.53 Å². The molecule has 0 saturated heterocycles. The van der Waals surface area contributed by atoms with Crippen molar-refractivity contribution in [2.75, 3.05) is 0 Å². The van der Waals surface area contributed by atoms with Crippen molar-refractivity contribution in [3.05, 3.63) is 87.0 Å². The molecule has 2 aromatic rings. The first kappa shape index (κ1) is 41.5. The zero-order valence-corrected chi connectivity index (χ0v) is 32.1. The molecular formula is C46H72N2. The van der Waals surface area contributed by atoms with Crippen molar-refractivity contribution < 1.29 is 4.79 Å². The van der Waals surface area contributed by atoms with E-state index in [1.54, 1.807) is 0 Å². The van der Waals surface area contributed by atoms with Gasteiger partial charge in [0.2, 0.25) is 0 Å². The van der Waals surface area contributed by atoms with Crippen molar-refractivity contribution in [1.82, 2.24) is 0 Å². The summed E-state index contributed by atoms with van der Waals surface area (Å²) in [6.45, 7) is 11.4. The van der Waals surface area contributed by atoms with E-state index in [-0.39, 0.29) is 0 Å². The maximum atomic E-state index is 9.62. The fraction of sp³-hybridized carbons (Fsp3) is 0.652. The van der Waals surface area contributed by atoms with E-state index in [4.69, 9.17) is 0 Å². The molecule has 0 heterocycles. The summed E-state index contributed by atoms with van der Waals surface area (Å²) in [7, 11) is 0. The number of nitrogens with zero attached hydrogens (tertiary/aromatic N) is 2. The zero-order chi connectivity index (χ0) is 34.7. The van der Waals surface area contributed by atoms with Crippen LogP contribution < -0.4 is 0 Å². The van der Waals surface area contributed by atoms with Gasteiger partial charge in [-0.05, 0) is 109 Å². The Balaban J connectivity index is 2.63. The van der Waals surface area contributed by atoms with Crippen LogP contribution in [0.15, 0.2) is 48.0 Å². The third kappa shape index (κ3) is 17.7. The minimum atomic E-state index is 0.867. The largest absolute Gasteiger partial charge is 0.348 e. The van der Waals surface area contributed by atoms with Gasteiger partial charge in [0, 0.05) is 0 Å². The van der Waals surface area contributed by atoms with Gasteiger partial charge in [-0.2, -0.15) is 0 Å². The molecule has 0 atom stereocenters. The standard InChI is InChI=1S/C46H72N2/c1-6-11-16-18-20-24-29-41-32-42(30-25-21-19-17-12-7-2)36-45(35-41)46(37-43(38-48-47)26-15-10-5)44-33-39(27-22-13-8-3)31-40(34-44)28-23-14-9-4/h31-37H,6-30H2,1-5H3. The second kappa shape index (κ2) is 27.2. The Morgan fingerprint density at radius 2 is 0.812 bits per heavy atom. The number of rotatable bonds is 28. The molecule has 0 bridgehead atoms. The molecule has 2 heteroatoms. The number of hydrogen-bond donors (Lipinski definition) is 0. The number of aryl methyl sites for hydroxylation is 4. The van der Waals surface area contributed by atoms with Crippen LogP contribution in [0.1, 0.15) is 203 Å². The molecule has 0 amide bonds. The van der Waals surface area contributed by atoms with Crippen molar-refractivity contribution in [2.45, 2.75) is 195 Å². The first-order chi connectivity index (χ1) is 23.6. The van der Waals surface area contributed by atoms with E-state index in [2.05, 4.69) is 87.8 Å². The van der Waals surface area contributed by atoms with Crippen molar-refractivity contribution in [1.29, 1.82) is 0 Å². The van der Waals surface area contributed by atoms with E-state index in [1.807, 2.05) is 0 Å². The fourth-order valence-electron chi connectivity index (χ4n) is 6.89. The van der Waals surface area contributed by atoms with E-state index in [1.165, 1.54) is 155 Å². The fourth-order valence-corrected chi connectivity index (χ4v) is 6.89. The monoisotopic (exact) mass is 653 g/mol. The van der Waals surface area contributed by atoms with Crippen LogP contribution in [0.2, 0.25) is 0 Å². The SMILES string of the molecule is CCCCCCCCc1cc(CCCCCCCC)cc(C(=CC(=C=[N+]=[N-])CCCC)c2cc(CCCCC)cc(CCCCC)c2)c1. The summed E-state index contributed by atoms with van der Waals surface area (Å²) in [5.41, 5.74) is 20.4. The Morgan fingerprint density at radius 3 is 1.19 bits per heavy atom. The molecule has 0 fully saturated rings. The first-order valence-electron chi connectivity index (χ1n) is 20.5. The van der Waals surface area contributed by atoms with Crippen LogP contribution in [-0.4, -0.2) is 10.7 Å². The van der Waals surface area contributed by atoms with E-state index in [0.717, 1.165) is 50.5 Å². The third-order valence-electron chi connectivity index (χ3n) is 9.82. The molecule has 2 rings (SSSR count). The van der Waals surface area contributed by atoms with Crippen molar-refractivity contribution in [2.24, 2.45) is 0 Å². The van der Waals surface area contributed by atoms with E-state index < -0.39 is 0 Å². The van der Waals surface area contributed by atoms with Crippen molar-refractivity contribution in [3.8, 4) is 0 Å². The molecule has 0 unspecified atom stereocenters. The number of allylic oxidation sites excluding steroid dienone is 2. The Hall–Kier alpha value is -2.66. The lowest BCUT2D eigenvalue weighted by Gasteiger charge is -2.17. The van der Waals surface area contributed by atoms with Gasteiger partial charge in [-0.25, -0.2) is 0 Å². The van der Waals surface area contributed by atoms with Crippen LogP contribution in [0.4, 0.5) is 0 Å². The van der Waals surface area contributed by atoms with Crippen LogP contribution in [0.5, 0.6) is 0 Å². The molecule has 0 aliphatic heterocycles. The van der Waals surface area contributed by atoms with Crippen LogP contribution in [0, 0.1) is 0 Å². The minimum absolute atomic E-state index is 0.867. The summed E-state index contributed by atoms with van der Waals surface area (Å²) < 4.78 is 0. The lowest BCUT2D eigenvalue weighted by molar-refractivity contribution is 0.00746. The molecule has 0 radical (unpaired) electrons. The minimum Gasteiger partial charge on any atom is -0.348 e. The molecule has 48 heavy (non-hydrogen) atoms. The Labute approximate surface area is 297 Å². The normalized spacial score (nSPS) is 11.5. The highest BCUT2D eigenvalue weighted by atomic mass is 14.8. The van der Waals surface area contributed by atoms with Gasteiger partial charge < -0.3 is 5.53 Å². The van der Waals surface area contributed by atoms with E-state index >= 15 is 0 Å². The van der Waals surface area contributed by atoms with Crippen LogP contribution >= 0.6 is 0 Å². The van der Waals surface area contributed by atoms with Gasteiger partial charge in [0.05, 0.1) is 5.57 Å². The molecule has 0 N–H and O–H groups in total. The lowest BCUT2D eigenvalue weighted by atomic mass is 9.87. The van der Waals surface area contributed by atoms with Gasteiger partial charge in [0.1, 0.15) is 0 Å². The molecule has 2 aromatic carbocycles. The second-order valence-corrected chi connectivity index (χ2v) is 14.4. The maximum Gasteiger partial charge on any atom is 0.303 e. The van der Waals surface area contributed by atoms with E-state index in [0.29, 0.717) is 0 Å². The second-order valence-electron chi connectivity index (χ2n) is 14.4. The number of hydrogen-bond acceptors (Lipinski definition) is 0. The molecule has 266 valence electrons. The molecule has 2 nitrogen and oxygen atoms in total. The third-order valence-corrected chi connectivity index (χ3v) is 9.82. The molecule has 0 aromatic heterocycles. The zero-order valence-electron chi connectivity index (χ0n) is 32.1. The molecule has 0 aliphatic rings. The summed E-state index contributed by atoms with van der Waals surface area (Å²) in [6, 6.07) is 14.9. The van der Waals surface area contributed by atoms with Crippen LogP contribution in [0.25, 0.3) is 11.1 Å². The average Bonchev–Trinajstić information content (AvgIpc) is 3.09. The van der Waals surface area contributed by atoms with Gasteiger partial charge >= 0.3 is 5.87 Å². The van der Waals surface area contributed by atoms with Gasteiger partial charge in [-0.3, -0.25) is 0 Å². The topological polar surface area (TPSA) is 36.4 Å². The molecule has 0 spiro atoms. The summed E-state index contributed by atoms with van der Waals surface area (Å²) >= 11 is 0. The van der Waals surface area contributed by atoms with Gasteiger partial charge in [0.15, 0.2) is 0 Å². The number of unbranched alkanes of at least 4 members (excludes halogenated alkanes) is 15. The predicted molar refractivity (Wildman–Crippen MR) is 212 cm³/mol. The van der Waals surface area contributed by atoms with Crippen LogP contribution in [-0.2, 0) is 25.7 Å². The number of benzene rings is 2. The van der Waals surface area contributed by atoms with Gasteiger partial charge in [-0.15, -0.1) is 4.79 Å². The Bertz CT molecular complexity index is 1190. The first-order valence-corrected chi connectivity index (χ1v) is 20.5. The smallest absolute Gasteiger partial charge is 0.303 e. The summed E-state index contributed by atoms with van der Waals surface area (Å²) in [6.07, 6.45) is 33.3. The van der Waals surface area contributed by atoms with Crippen LogP contribution in [0.3, 0.4) is 0 Å². The highest BCUT2D eigenvalue weighted by Gasteiger charge is 2.14. The summed E-state index contributed by atoms with van der Waals surface area (Å²) in [4.78, 5) is 3.41. The van der Waals surface area contributed by atoms with Crippen molar-refractivity contribution >= 4 is 11.4 Å². The predicted octanol–water partition coefficient (Wildman–Crippen LogP) is 14.4. The lowest BCUT2D eigenvalue weighted by Crippen LogP contribution is -2.00. The molecule has 0 saturated carbocycles.